The smallest absolute Gasteiger partial charge is 0.246 e. The number of halogens is 2. The maximum Gasteiger partial charge on any atom is 0.246 e. The van der Waals surface area contributed by atoms with Gasteiger partial charge in [0.1, 0.15) is 16.4 Å². The van der Waals surface area contributed by atoms with Gasteiger partial charge in [-0.05, 0) is 25.0 Å². The Hall–Kier alpha value is -1.21. The number of nitrogens with zero attached hydrogens (tertiary/aromatic N) is 1. The Morgan fingerprint density at radius 1 is 1.05 bits per heavy atom. The van der Waals surface area contributed by atoms with Crippen molar-refractivity contribution in [1.29, 1.82) is 0 Å². The van der Waals surface area contributed by atoms with E-state index in [0.717, 1.165) is 37.8 Å². The maximum atomic E-state index is 13.8. The Balaban J connectivity index is 2.41. The molecule has 0 bridgehead atoms. The molecule has 0 saturated carbocycles. The van der Waals surface area contributed by atoms with Gasteiger partial charge in [-0.3, -0.25) is 0 Å². The molecule has 1 aromatic rings. The number of nitrogens with two attached hydrogens (primary N) is 1. The van der Waals surface area contributed by atoms with Crippen LogP contribution >= 0.6 is 0 Å². The third-order valence-electron chi connectivity index (χ3n) is 3.27. The van der Waals surface area contributed by atoms with Crippen molar-refractivity contribution in [1.82, 2.24) is 4.31 Å². The van der Waals surface area contributed by atoms with Gasteiger partial charge in [-0.1, -0.05) is 12.8 Å². The van der Waals surface area contributed by atoms with Gasteiger partial charge in [-0.15, -0.1) is 0 Å². The van der Waals surface area contributed by atoms with Crippen molar-refractivity contribution in [2.24, 2.45) is 0 Å². The fourth-order valence-corrected chi connectivity index (χ4v) is 3.76. The molecule has 0 aliphatic carbocycles. The summed E-state index contributed by atoms with van der Waals surface area (Å²) in [4.78, 5) is -0.548. The van der Waals surface area contributed by atoms with Crippen molar-refractivity contribution in [2.45, 2.75) is 30.6 Å². The van der Waals surface area contributed by atoms with Crippen molar-refractivity contribution in [3.63, 3.8) is 0 Å². The second-order valence-corrected chi connectivity index (χ2v) is 6.50. The van der Waals surface area contributed by atoms with Crippen molar-refractivity contribution in [2.75, 3.05) is 18.8 Å². The number of sulfonamides is 1. The number of benzene rings is 1. The van der Waals surface area contributed by atoms with Crippen LogP contribution in [0.5, 0.6) is 0 Å². The SMILES string of the molecule is Nc1c(F)ccc(S(=O)(=O)N2CCCCCC2)c1F. The predicted octanol–water partition coefficient (Wildman–Crippen LogP) is 2.11. The lowest BCUT2D eigenvalue weighted by atomic mass is 10.2. The zero-order valence-corrected chi connectivity index (χ0v) is 11.2. The van der Waals surface area contributed by atoms with Crippen LogP contribution < -0.4 is 5.73 Å². The quantitative estimate of drug-likeness (QED) is 0.849. The first-order valence-corrected chi connectivity index (χ1v) is 7.62. The van der Waals surface area contributed by atoms with Gasteiger partial charge in [0.15, 0.2) is 5.82 Å². The number of anilines is 1. The monoisotopic (exact) mass is 290 g/mol. The maximum absolute atomic E-state index is 13.8. The lowest BCUT2D eigenvalue weighted by molar-refractivity contribution is 0.419. The molecule has 0 amide bonds. The molecule has 1 aromatic carbocycles. The third kappa shape index (κ3) is 2.71. The van der Waals surface area contributed by atoms with E-state index in [4.69, 9.17) is 5.73 Å². The second kappa shape index (κ2) is 5.42. The zero-order valence-electron chi connectivity index (χ0n) is 10.4. The molecule has 0 aromatic heterocycles. The van der Waals surface area contributed by atoms with Crippen LogP contribution in [-0.2, 0) is 10.0 Å². The van der Waals surface area contributed by atoms with Crippen LogP contribution in [0.3, 0.4) is 0 Å². The van der Waals surface area contributed by atoms with Gasteiger partial charge in [0, 0.05) is 13.1 Å². The van der Waals surface area contributed by atoms with Crippen LogP contribution in [0, 0.1) is 11.6 Å². The molecule has 0 atom stereocenters. The summed E-state index contributed by atoms with van der Waals surface area (Å²) in [6.07, 6.45) is 3.41. The van der Waals surface area contributed by atoms with E-state index in [-0.39, 0.29) is 0 Å². The summed E-state index contributed by atoms with van der Waals surface area (Å²) in [6.45, 7) is 0.720. The number of nitrogen functional groups attached to an aromatic ring is 1. The molecule has 1 aliphatic heterocycles. The van der Waals surface area contributed by atoms with Crippen LogP contribution in [0.2, 0.25) is 0 Å². The summed E-state index contributed by atoms with van der Waals surface area (Å²) in [5.41, 5.74) is 4.45. The van der Waals surface area contributed by atoms with E-state index in [9.17, 15) is 17.2 Å². The first-order chi connectivity index (χ1) is 8.94. The summed E-state index contributed by atoms with van der Waals surface area (Å²) >= 11 is 0. The van der Waals surface area contributed by atoms with Crippen LogP contribution in [0.25, 0.3) is 0 Å². The molecular weight excluding hydrogens is 274 g/mol. The number of hydrogen-bond acceptors (Lipinski definition) is 3. The van der Waals surface area contributed by atoms with Gasteiger partial charge >= 0.3 is 0 Å². The Labute approximate surface area is 111 Å². The lowest BCUT2D eigenvalue weighted by Gasteiger charge is -2.20. The summed E-state index contributed by atoms with van der Waals surface area (Å²) in [5.74, 6) is -2.16. The minimum Gasteiger partial charge on any atom is -0.394 e. The van der Waals surface area contributed by atoms with E-state index in [1.165, 1.54) is 4.31 Å². The van der Waals surface area contributed by atoms with Crippen molar-refractivity contribution < 1.29 is 17.2 Å². The Morgan fingerprint density at radius 2 is 1.63 bits per heavy atom. The van der Waals surface area contributed by atoms with Gasteiger partial charge in [0.25, 0.3) is 0 Å². The van der Waals surface area contributed by atoms with E-state index < -0.39 is 32.2 Å². The molecule has 4 nitrogen and oxygen atoms in total. The van der Waals surface area contributed by atoms with Gasteiger partial charge in [0.05, 0.1) is 0 Å². The van der Waals surface area contributed by atoms with Crippen molar-refractivity contribution >= 4 is 15.7 Å². The topological polar surface area (TPSA) is 63.4 Å². The molecule has 19 heavy (non-hydrogen) atoms. The summed E-state index contributed by atoms with van der Waals surface area (Å²) < 4.78 is 52.8. The molecule has 2 rings (SSSR count). The highest BCUT2D eigenvalue weighted by atomic mass is 32.2. The average molecular weight is 290 g/mol. The van der Waals surface area contributed by atoms with Gasteiger partial charge in [0.2, 0.25) is 10.0 Å². The highest BCUT2D eigenvalue weighted by molar-refractivity contribution is 7.89. The summed E-state index contributed by atoms with van der Waals surface area (Å²) in [6, 6.07) is 1.81. The Kier molecular flexibility index (Phi) is 4.05. The average Bonchev–Trinajstić information content (AvgIpc) is 2.65. The van der Waals surface area contributed by atoms with Gasteiger partial charge < -0.3 is 5.73 Å². The Bertz CT molecular complexity index is 567. The van der Waals surface area contributed by atoms with E-state index in [0.29, 0.717) is 13.1 Å². The van der Waals surface area contributed by atoms with Crippen LogP contribution in [0.1, 0.15) is 25.7 Å². The normalized spacial score (nSPS) is 18.2. The molecule has 0 spiro atoms. The molecule has 1 saturated heterocycles. The summed E-state index contributed by atoms with van der Waals surface area (Å²) in [7, 11) is -3.94. The highest BCUT2D eigenvalue weighted by Gasteiger charge is 2.29. The molecule has 7 heteroatoms. The zero-order chi connectivity index (χ0) is 14.0. The number of hydrogen-bond donors (Lipinski definition) is 1. The van der Waals surface area contributed by atoms with E-state index in [2.05, 4.69) is 0 Å². The second-order valence-electron chi connectivity index (χ2n) is 4.59. The number of rotatable bonds is 2. The molecule has 106 valence electrons. The van der Waals surface area contributed by atoms with Crippen molar-refractivity contribution in [3.8, 4) is 0 Å². The molecule has 1 heterocycles. The largest absolute Gasteiger partial charge is 0.394 e. The Morgan fingerprint density at radius 3 is 2.21 bits per heavy atom. The molecule has 2 N–H and O–H groups in total. The highest BCUT2D eigenvalue weighted by Crippen LogP contribution is 2.26. The van der Waals surface area contributed by atoms with Crippen LogP contribution in [-0.4, -0.2) is 25.8 Å². The molecule has 0 radical (unpaired) electrons. The van der Waals surface area contributed by atoms with Gasteiger partial charge in [-0.25, -0.2) is 17.2 Å². The first kappa shape index (κ1) is 14.2. The molecule has 0 unspecified atom stereocenters. The molecule has 1 aliphatic rings. The predicted molar refractivity (Wildman–Crippen MR) is 68.0 cm³/mol. The van der Waals surface area contributed by atoms with Crippen LogP contribution in [0.15, 0.2) is 17.0 Å². The third-order valence-corrected chi connectivity index (χ3v) is 5.19. The minimum atomic E-state index is -3.94. The van der Waals surface area contributed by atoms with Crippen LogP contribution in [0.4, 0.5) is 14.5 Å². The van der Waals surface area contributed by atoms with Gasteiger partial charge in [-0.2, -0.15) is 4.31 Å². The first-order valence-electron chi connectivity index (χ1n) is 6.18. The fraction of sp³-hybridized carbons (Fsp3) is 0.500. The summed E-state index contributed by atoms with van der Waals surface area (Å²) in [5, 5.41) is 0. The van der Waals surface area contributed by atoms with Crippen molar-refractivity contribution in [3.05, 3.63) is 23.8 Å². The molecular formula is C12H16F2N2O2S. The van der Waals surface area contributed by atoms with E-state index in [1.54, 1.807) is 0 Å². The van der Waals surface area contributed by atoms with E-state index in [1.807, 2.05) is 0 Å². The molecule has 1 fully saturated rings. The standard InChI is InChI=1S/C12H16F2N2O2S/c13-9-5-6-10(11(14)12(9)15)19(17,18)16-7-3-1-2-4-8-16/h5-6H,1-4,7-8,15H2. The van der Waals surface area contributed by atoms with E-state index >= 15 is 0 Å². The fourth-order valence-electron chi connectivity index (χ4n) is 2.17. The lowest BCUT2D eigenvalue weighted by Crippen LogP contribution is -2.32. The minimum absolute atomic E-state index is 0.360.